The van der Waals surface area contributed by atoms with Crippen LogP contribution in [-0.2, 0) is 0 Å². The smallest absolute Gasteiger partial charge is 0.254 e. The molecule has 1 amide bonds. The number of carbonyl (C=O) groups excluding carboxylic acids is 1. The van der Waals surface area contributed by atoms with Crippen molar-refractivity contribution >= 4 is 37.8 Å². The van der Waals surface area contributed by atoms with E-state index in [1.807, 2.05) is 12.1 Å². The maximum atomic E-state index is 12.1. The SMILES string of the molecule is CC(O)CCN(C)C(=O)c1cc(Br)ccc1Br. The van der Waals surface area contributed by atoms with Gasteiger partial charge in [0.1, 0.15) is 0 Å². The van der Waals surface area contributed by atoms with E-state index in [1.165, 1.54) is 0 Å². The van der Waals surface area contributed by atoms with Crippen LogP contribution in [0.15, 0.2) is 27.1 Å². The number of benzene rings is 1. The summed E-state index contributed by atoms with van der Waals surface area (Å²) in [5, 5.41) is 9.20. The molecular formula is C12H15Br2NO2. The van der Waals surface area contributed by atoms with Crippen LogP contribution in [0.4, 0.5) is 0 Å². The van der Waals surface area contributed by atoms with Crippen molar-refractivity contribution in [2.45, 2.75) is 19.4 Å². The van der Waals surface area contributed by atoms with Crippen LogP contribution in [0.2, 0.25) is 0 Å². The molecule has 0 radical (unpaired) electrons. The van der Waals surface area contributed by atoms with E-state index in [2.05, 4.69) is 31.9 Å². The first kappa shape index (κ1) is 14.7. The van der Waals surface area contributed by atoms with Gasteiger partial charge in [0.05, 0.1) is 11.7 Å². The number of nitrogens with zero attached hydrogens (tertiary/aromatic N) is 1. The molecule has 17 heavy (non-hydrogen) atoms. The first-order valence-corrected chi connectivity index (χ1v) is 6.89. The van der Waals surface area contributed by atoms with E-state index in [0.717, 1.165) is 8.95 Å². The normalized spacial score (nSPS) is 12.3. The van der Waals surface area contributed by atoms with Crippen LogP contribution in [0.25, 0.3) is 0 Å². The molecule has 0 saturated carbocycles. The fourth-order valence-electron chi connectivity index (χ4n) is 1.35. The standard InChI is InChI=1S/C12H15Br2NO2/c1-8(16)5-6-15(2)12(17)10-7-9(13)3-4-11(10)14/h3-4,7-8,16H,5-6H2,1-2H3. The Labute approximate surface area is 118 Å². The molecule has 0 aliphatic carbocycles. The van der Waals surface area contributed by atoms with E-state index in [9.17, 15) is 9.90 Å². The number of aliphatic hydroxyl groups is 1. The van der Waals surface area contributed by atoms with Gasteiger partial charge in [0.2, 0.25) is 0 Å². The second kappa shape index (κ2) is 6.52. The van der Waals surface area contributed by atoms with Crippen molar-refractivity contribution in [3.63, 3.8) is 0 Å². The minimum Gasteiger partial charge on any atom is -0.393 e. The summed E-state index contributed by atoms with van der Waals surface area (Å²) < 4.78 is 1.64. The summed E-state index contributed by atoms with van der Waals surface area (Å²) in [7, 11) is 1.73. The third kappa shape index (κ3) is 4.41. The zero-order valence-corrected chi connectivity index (χ0v) is 13.0. The summed E-state index contributed by atoms with van der Waals surface area (Å²) in [6.45, 7) is 2.25. The number of carbonyl (C=O) groups is 1. The van der Waals surface area contributed by atoms with Crippen LogP contribution < -0.4 is 0 Å². The van der Waals surface area contributed by atoms with Gasteiger partial charge in [-0.25, -0.2) is 0 Å². The molecule has 1 aromatic carbocycles. The lowest BCUT2D eigenvalue weighted by atomic mass is 10.2. The molecule has 0 aromatic heterocycles. The fraction of sp³-hybridized carbons (Fsp3) is 0.417. The maximum absolute atomic E-state index is 12.1. The minimum absolute atomic E-state index is 0.0566. The first-order valence-electron chi connectivity index (χ1n) is 5.30. The Morgan fingerprint density at radius 2 is 2.12 bits per heavy atom. The number of rotatable bonds is 4. The molecule has 1 N–H and O–H groups in total. The van der Waals surface area contributed by atoms with Gasteiger partial charge in [-0.1, -0.05) is 15.9 Å². The van der Waals surface area contributed by atoms with Gasteiger partial charge >= 0.3 is 0 Å². The third-order valence-electron chi connectivity index (χ3n) is 2.39. The quantitative estimate of drug-likeness (QED) is 0.891. The van der Waals surface area contributed by atoms with Crippen molar-refractivity contribution in [2.75, 3.05) is 13.6 Å². The first-order chi connectivity index (χ1) is 7.91. The van der Waals surface area contributed by atoms with Gasteiger partial charge in [-0.2, -0.15) is 0 Å². The van der Waals surface area contributed by atoms with Crippen LogP contribution in [-0.4, -0.2) is 35.6 Å². The molecule has 0 aliphatic heterocycles. The molecule has 0 bridgehead atoms. The van der Waals surface area contributed by atoms with Gasteiger partial charge in [-0.3, -0.25) is 4.79 Å². The van der Waals surface area contributed by atoms with Crippen molar-refractivity contribution < 1.29 is 9.90 Å². The van der Waals surface area contributed by atoms with Gasteiger partial charge in [0, 0.05) is 22.5 Å². The lowest BCUT2D eigenvalue weighted by Gasteiger charge is -2.18. The highest BCUT2D eigenvalue weighted by atomic mass is 79.9. The van der Waals surface area contributed by atoms with Gasteiger partial charge in [0.15, 0.2) is 0 Å². The number of hydrogen-bond acceptors (Lipinski definition) is 2. The van der Waals surface area contributed by atoms with Crippen LogP contribution in [0.1, 0.15) is 23.7 Å². The average Bonchev–Trinajstić information content (AvgIpc) is 2.28. The van der Waals surface area contributed by atoms with Crippen LogP contribution in [0.5, 0.6) is 0 Å². The van der Waals surface area contributed by atoms with Crippen molar-refractivity contribution in [1.29, 1.82) is 0 Å². The summed E-state index contributed by atoms with van der Waals surface area (Å²) in [5.74, 6) is -0.0566. The van der Waals surface area contributed by atoms with Crippen molar-refractivity contribution in [3.05, 3.63) is 32.7 Å². The Hall–Kier alpha value is -0.390. The molecule has 0 heterocycles. The number of amides is 1. The average molecular weight is 365 g/mol. The molecule has 1 atom stereocenters. The molecule has 5 heteroatoms. The summed E-state index contributed by atoms with van der Waals surface area (Å²) in [6, 6.07) is 5.49. The highest BCUT2D eigenvalue weighted by molar-refractivity contribution is 9.11. The topological polar surface area (TPSA) is 40.5 Å². The zero-order chi connectivity index (χ0) is 13.0. The summed E-state index contributed by atoms with van der Waals surface area (Å²) in [4.78, 5) is 13.7. The Bertz CT molecular complexity index is 407. The number of halogens is 2. The van der Waals surface area contributed by atoms with Crippen LogP contribution in [0.3, 0.4) is 0 Å². The molecule has 1 rings (SSSR count). The van der Waals surface area contributed by atoms with Crippen molar-refractivity contribution in [1.82, 2.24) is 4.90 Å². The highest BCUT2D eigenvalue weighted by Gasteiger charge is 2.15. The summed E-state index contributed by atoms with van der Waals surface area (Å²) in [6.07, 6.45) is 0.185. The minimum atomic E-state index is -0.392. The lowest BCUT2D eigenvalue weighted by molar-refractivity contribution is 0.0768. The van der Waals surface area contributed by atoms with Crippen molar-refractivity contribution in [2.24, 2.45) is 0 Å². The van der Waals surface area contributed by atoms with Crippen LogP contribution in [0, 0.1) is 0 Å². The van der Waals surface area contributed by atoms with E-state index in [-0.39, 0.29) is 5.91 Å². The molecule has 0 fully saturated rings. The van der Waals surface area contributed by atoms with Gasteiger partial charge < -0.3 is 10.0 Å². The fourth-order valence-corrected chi connectivity index (χ4v) is 2.13. The van der Waals surface area contributed by atoms with Gasteiger partial charge in [-0.05, 0) is 47.5 Å². The predicted octanol–water partition coefficient (Wildman–Crippen LogP) is 3.05. The van der Waals surface area contributed by atoms with E-state index in [0.29, 0.717) is 18.5 Å². The largest absolute Gasteiger partial charge is 0.393 e. The monoisotopic (exact) mass is 363 g/mol. The maximum Gasteiger partial charge on any atom is 0.254 e. The molecule has 1 unspecified atom stereocenters. The van der Waals surface area contributed by atoms with Gasteiger partial charge in [0.25, 0.3) is 5.91 Å². The summed E-state index contributed by atoms with van der Waals surface area (Å²) in [5.41, 5.74) is 0.618. The zero-order valence-electron chi connectivity index (χ0n) is 9.78. The Kier molecular flexibility index (Phi) is 5.62. The Morgan fingerprint density at radius 3 is 2.71 bits per heavy atom. The predicted molar refractivity (Wildman–Crippen MR) is 75.1 cm³/mol. The Balaban J connectivity index is 2.78. The number of hydrogen-bond donors (Lipinski definition) is 1. The molecular weight excluding hydrogens is 350 g/mol. The molecule has 0 saturated heterocycles. The molecule has 0 spiro atoms. The molecule has 1 aromatic rings. The van der Waals surface area contributed by atoms with E-state index in [1.54, 1.807) is 24.9 Å². The molecule has 0 aliphatic rings. The Morgan fingerprint density at radius 1 is 1.47 bits per heavy atom. The molecule has 3 nitrogen and oxygen atoms in total. The third-order valence-corrected chi connectivity index (χ3v) is 3.57. The second-order valence-corrected chi connectivity index (χ2v) is 5.76. The highest BCUT2D eigenvalue weighted by Crippen LogP contribution is 2.22. The van der Waals surface area contributed by atoms with E-state index < -0.39 is 6.10 Å². The van der Waals surface area contributed by atoms with Crippen LogP contribution >= 0.6 is 31.9 Å². The summed E-state index contributed by atoms with van der Waals surface area (Å²) >= 11 is 6.71. The van der Waals surface area contributed by atoms with Gasteiger partial charge in [-0.15, -0.1) is 0 Å². The molecule has 94 valence electrons. The van der Waals surface area contributed by atoms with Crippen molar-refractivity contribution in [3.8, 4) is 0 Å². The lowest BCUT2D eigenvalue weighted by Crippen LogP contribution is -2.29. The van der Waals surface area contributed by atoms with E-state index >= 15 is 0 Å². The van der Waals surface area contributed by atoms with E-state index in [4.69, 9.17) is 0 Å². The number of aliphatic hydroxyl groups excluding tert-OH is 1. The second-order valence-electron chi connectivity index (χ2n) is 3.99.